The second kappa shape index (κ2) is 9.66. The van der Waals surface area contributed by atoms with Crippen molar-refractivity contribution in [2.75, 3.05) is 27.4 Å². The Labute approximate surface area is 157 Å². The first-order chi connectivity index (χ1) is 13.0. The van der Waals surface area contributed by atoms with Gasteiger partial charge < -0.3 is 28.4 Å². The van der Waals surface area contributed by atoms with E-state index in [-0.39, 0.29) is 42.3 Å². The molecule has 0 saturated heterocycles. The van der Waals surface area contributed by atoms with Crippen LogP contribution in [0.1, 0.15) is 25.3 Å². The van der Waals surface area contributed by atoms with Crippen molar-refractivity contribution in [3.63, 3.8) is 0 Å². The zero-order chi connectivity index (χ0) is 19.9. The molecule has 1 aromatic carbocycles. The van der Waals surface area contributed by atoms with E-state index < -0.39 is 13.4 Å². The lowest BCUT2D eigenvalue weighted by atomic mass is 10.2. The van der Waals surface area contributed by atoms with Crippen LogP contribution in [-0.2, 0) is 13.6 Å². The smallest absolute Gasteiger partial charge is 0.363 e. The van der Waals surface area contributed by atoms with Crippen LogP contribution in [0, 0.1) is 0 Å². The van der Waals surface area contributed by atoms with Crippen LogP contribution in [0.2, 0.25) is 0 Å². The monoisotopic (exact) mass is 398 g/mol. The molecule has 0 fully saturated rings. The van der Waals surface area contributed by atoms with Crippen molar-refractivity contribution >= 4 is 7.60 Å². The highest BCUT2D eigenvalue weighted by Gasteiger charge is 2.37. The molecular formula is C17H23N2O7P. The molecule has 2 rings (SSSR count). The standard InChI is InChI=1S/C17H23N2O7P/c1-5-24-27(21,25-6-2)16(20)12-9-7-8-10-13(12)26-17-18-14(22-3)11-15(19-17)23-4/h7-11,16,20H,5-6H2,1-4H3. The van der Waals surface area contributed by atoms with Gasteiger partial charge in [0.1, 0.15) is 5.75 Å². The fourth-order valence-corrected chi connectivity index (χ4v) is 3.86. The number of hydrogen-bond acceptors (Lipinski definition) is 9. The second-order valence-electron chi connectivity index (χ2n) is 5.12. The van der Waals surface area contributed by atoms with Gasteiger partial charge in [0, 0.05) is 5.56 Å². The Morgan fingerprint density at radius 1 is 1.04 bits per heavy atom. The number of para-hydroxylation sites is 1. The molecule has 1 aromatic heterocycles. The largest absolute Gasteiger partial charge is 0.481 e. The summed E-state index contributed by atoms with van der Waals surface area (Å²) in [4.78, 5) is 8.16. The molecule has 0 amide bonds. The van der Waals surface area contributed by atoms with E-state index in [0.29, 0.717) is 0 Å². The van der Waals surface area contributed by atoms with Crippen LogP contribution in [0.15, 0.2) is 30.3 Å². The number of rotatable bonds is 10. The normalized spacial score (nSPS) is 12.5. The lowest BCUT2D eigenvalue weighted by Crippen LogP contribution is -2.08. The molecule has 1 atom stereocenters. The first-order valence-electron chi connectivity index (χ1n) is 8.28. The van der Waals surface area contributed by atoms with E-state index in [1.807, 2.05) is 0 Å². The van der Waals surface area contributed by atoms with Crippen molar-refractivity contribution < 1.29 is 32.9 Å². The van der Waals surface area contributed by atoms with Crippen molar-refractivity contribution in [3.8, 4) is 23.5 Å². The van der Waals surface area contributed by atoms with Gasteiger partial charge in [0.2, 0.25) is 11.8 Å². The predicted molar refractivity (Wildman–Crippen MR) is 97.5 cm³/mol. The highest BCUT2D eigenvalue weighted by atomic mass is 31.2. The molecule has 0 radical (unpaired) electrons. The third kappa shape index (κ3) is 5.17. The SMILES string of the molecule is CCOP(=O)(OCC)C(O)c1ccccc1Oc1nc(OC)cc(OC)n1. The summed E-state index contributed by atoms with van der Waals surface area (Å²) < 4.78 is 39.2. The second-order valence-corrected chi connectivity index (χ2v) is 7.21. The number of aliphatic hydroxyl groups is 1. The maximum absolute atomic E-state index is 12.9. The minimum Gasteiger partial charge on any atom is -0.481 e. The molecule has 0 aliphatic heterocycles. The molecule has 0 bridgehead atoms. The number of benzene rings is 1. The minimum atomic E-state index is -3.81. The summed E-state index contributed by atoms with van der Waals surface area (Å²) in [6, 6.07) is 7.92. The number of methoxy groups -OCH3 is 2. The van der Waals surface area contributed by atoms with Gasteiger partial charge in [-0.3, -0.25) is 4.57 Å². The summed E-state index contributed by atoms with van der Waals surface area (Å²) in [5.41, 5.74) is 0.216. The van der Waals surface area contributed by atoms with E-state index in [4.69, 9.17) is 23.3 Å². The third-order valence-electron chi connectivity index (χ3n) is 3.39. The van der Waals surface area contributed by atoms with Gasteiger partial charge in [-0.25, -0.2) is 0 Å². The minimum absolute atomic E-state index is 0.0616. The van der Waals surface area contributed by atoms with E-state index in [1.165, 1.54) is 20.3 Å². The van der Waals surface area contributed by atoms with E-state index >= 15 is 0 Å². The molecule has 2 aromatic rings. The van der Waals surface area contributed by atoms with Crippen LogP contribution < -0.4 is 14.2 Å². The maximum Gasteiger partial charge on any atom is 0.363 e. The fourth-order valence-electron chi connectivity index (χ4n) is 2.23. The first kappa shape index (κ1) is 21.1. The van der Waals surface area contributed by atoms with Crippen LogP contribution in [0.25, 0.3) is 0 Å². The molecule has 1 unspecified atom stereocenters. The van der Waals surface area contributed by atoms with Gasteiger partial charge in [-0.05, 0) is 19.9 Å². The molecule has 148 valence electrons. The van der Waals surface area contributed by atoms with Gasteiger partial charge >= 0.3 is 13.6 Å². The highest BCUT2D eigenvalue weighted by molar-refractivity contribution is 7.54. The first-order valence-corrected chi connectivity index (χ1v) is 9.89. The van der Waals surface area contributed by atoms with Crippen LogP contribution >= 0.6 is 7.60 Å². The number of nitrogens with zero attached hydrogens (tertiary/aromatic N) is 2. The van der Waals surface area contributed by atoms with Crippen molar-refractivity contribution in [2.45, 2.75) is 19.7 Å². The van der Waals surface area contributed by atoms with Crippen molar-refractivity contribution in [2.24, 2.45) is 0 Å². The molecule has 0 aliphatic rings. The average Bonchev–Trinajstić information content (AvgIpc) is 2.68. The summed E-state index contributed by atoms with van der Waals surface area (Å²) in [6.45, 7) is 3.56. The Hall–Kier alpha value is -2.19. The summed E-state index contributed by atoms with van der Waals surface area (Å²) in [5.74, 6) is -0.866. The summed E-state index contributed by atoms with van der Waals surface area (Å²) in [7, 11) is -0.913. The molecule has 1 heterocycles. The Morgan fingerprint density at radius 3 is 2.11 bits per heavy atom. The molecule has 1 N–H and O–H groups in total. The molecule has 10 heteroatoms. The summed E-state index contributed by atoms with van der Waals surface area (Å²) >= 11 is 0. The zero-order valence-electron chi connectivity index (χ0n) is 15.6. The topological polar surface area (TPSA) is 109 Å². The van der Waals surface area contributed by atoms with Crippen molar-refractivity contribution in [3.05, 3.63) is 35.9 Å². The van der Waals surface area contributed by atoms with Crippen LogP contribution in [0.5, 0.6) is 23.5 Å². The molecular weight excluding hydrogens is 375 g/mol. The molecule has 0 aliphatic carbocycles. The van der Waals surface area contributed by atoms with Crippen molar-refractivity contribution in [1.29, 1.82) is 0 Å². The van der Waals surface area contributed by atoms with Crippen LogP contribution in [-0.4, -0.2) is 42.5 Å². The summed E-state index contributed by atoms with van der Waals surface area (Å²) in [6.07, 6.45) is 0. The predicted octanol–water partition coefficient (Wildman–Crippen LogP) is 3.54. The van der Waals surface area contributed by atoms with Crippen LogP contribution in [0.3, 0.4) is 0 Å². The Morgan fingerprint density at radius 2 is 1.59 bits per heavy atom. The van der Waals surface area contributed by atoms with Gasteiger partial charge in [0.15, 0.2) is 5.85 Å². The Balaban J connectivity index is 2.39. The number of aliphatic hydroxyl groups excluding tert-OH is 1. The lowest BCUT2D eigenvalue weighted by molar-refractivity contribution is 0.148. The van der Waals surface area contributed by atoms with E-state index in [1.54, 1.807) is 38.1 Å². The van der Waals surface area contributed by atoms with E-state index in [9.17, 15) is 9.67 Å². The quantitative estimate of drug-likeness (QED) is 0.601. The van der Waals surface area contributed by atoms with Crippen LogP contribution in [0.4, 0.5) is 0 Å². The Bertz CT molecular complexity index is 770. The fraction of sp³-hybridized carbons (Fsp3) is 0.412. The third-order valence-corrected chi connectivity index (χ3v) is 5.51. The Kier molecular flexibility index (Phi) is 7.55. The van der Waals surface area contributed by atoms with Crippen molar-refractivity contribution in [1.82, 2.24) is 9.97 Å². The van der Waals surface area contributed by atoms with Gasteiger partial charge in [-0.15, -0.1) is 0 Å². The van der Waals surface area contributed by atoms with E-state index in [0.717, 1.165) is 0 Å². The molecule has 9 nitrogen and oxygen atoms in total. The lowest BCUT2D eigenvalue weighted by Gasteiger charge is -2.23. The van der Waals surface area contributed by atoms with Gasteiger partial charge in [0.25, 0.3) is 0 Å². The highest BCUT2D eigenvalue weighted by Crippen LogP contribution is 2.60. The van der Waals surface area contributed by atoms with Gasteiger partial charge in [0.05, 0.1) is 33.5 Å². The van der Waals surface area contributed by atoms with Gasteiger partial charge in [-0.2, -0.15) is 9.97 Å². The van der Waals surface area contributed by atoms with Gasteiger partial charge in [-0.1, -0.05) is 18.2 Å². The number of hydrogen-bond donors (Lipinski definition) is 1. The summed E-state index contributed by atoms with van der Waals surface area (Å²) in [5, 5.41) is 10.7. The molecule has 0 spiro atoms. The number of ether oxygens (including phenoxy) is 3. The van der Waals surface area contributed by atoms with E-state index in [2.05, 4.69) is 9.97 Å². The zero-order valence-corrected chi connectivity index (χ0v) is 16.5. The maximum atomic E-state index is 12.9. The molecule has 27 heavy (non-hydrogen) atoms. The number of aromatic nitrogens is 2. The average molecular weight is 398 g/mol. The molecule has 0 saturated carbocycles.